The molecule has 1 aromatic carbocycles. The fraction of sp³-hybridized carbons (Fsp3) is 0.562. The monoisotopic (exact) mass is 308 g/mol. The van der Waals surface area contributed by atoms with Crippen molar-refractivity contribution in [2.75, 3.05) is 31.2 Å². The minimum atomic E-state index is -0.366. The number of carbonyl (C=O) groups is 1. The normalized spacial score (nSPS) is 25.8. The summed E-state index contributed by atoms with van der Waals surface area (Å²) in [4.78, 5) is 16.8. The third kappa shape index (κ3) is 2.35. The molecule has 0 spiro atoms. The molecular formula is C16H21ClN2O2. The first-order chi connectivity index (χ1) is 9.93. The molecule has 0 bridgehead atoms. The van der Waals surface area contributed by atoms with Crippen LogP contribution in [-0.2, 0) is 9.53 Å². The highest BCUT2D eigenvalue weighted by Gasteiger charge is 2.57. The zero-order chi connectivity index (χ0) is 15.2. The maximum atomic E-state index is 12.6. The molecule has 1 atom stereocenters. The second-order valence-corrected chi connectivity index (χ2v) is 6.76. The molecule has 0 aliphatic carbocycles. The van der Waals surface area contributed by atoms with Gasteiger partial charge in [0.1, 0.15) is 6.17 Å². The Balaban J connectivity index is 1.92. The Morgan fingerprint density at radius 3 is 2.57 bits per heavy atom. The van der Waals surface area contributed by atoms with Crippen LogP contribution in [0.5, 0.6) is 0 Å². The molecule has 0 aromatic heterocycles. The summed E-state index contributed by atoms with van der Waals surface area (Å²) in [5.41, 5.74) is 1.54. The fourth-order valence-electron chi connectivity index (χ4n) is 3.22. The van der Waals surface area contributed by atoms with Gasteiger partial charge in [-0.2, -0.15) is 0 Å². The molecule has 2 aliphatic heterocycles. The van der Waals surface area contributed by atoms with Gasteiger partial charge in [0.25, 0.3) is 0 Å². The highest BCUT2D eigenvalue weighted by Crippen LogP contribution is 2.44. The first-order valence-corrected chi connectivity index (χ1v) is 7.72. The van der Waals surface area contributed by atoms with Gasteiger partial charge in [0.05, 0.1) is 18.6 Å². The molecular weight excluding hydrogens is 288 g/mol. The lowest BCUT2D eigenvalue weighted by Crippen LogP contribution is -2.74. The van der Waals surface area contributed by atoms with E-state index in [1.807, 2.05) is 43.9 Å². The zero-order valence-corrected chi connectivity index (χ0v) is 13.5. The number of nitrogens with zero attached hydrogens (tertiary/aromatic N) is 2. The van der Waals surface area contributed by atoms with E-state index in [1.165, 1.54) is 0 Å². The van der Waals surface area contributed by atoms with Gasteiger partial charge < -0.3 is 4.74 Å². The number of hydrogen-bond donors (Lipinski definition) is 0. The lowest BCUT2D eigenvalue weighted by Gasteiger charge is -2.57. The van der Waals surface area contributed by atoms with Gasteiger partial charge >= 0.3 is 0 Å². The summed E-state index contributed by atoms with van der Waals surface area (Å²) in [6, 6.07) is 5.83. The largest absolute Gasteiger partial charge is 0.379 e. The number of β-lactam (4-membered cyclic amide) rings is 1. The summed E-state index contributed by atoms with van der Waals surface area (Å²) in [5.74, 6) is 0.152. The van der Waals surface area contributed by atoms with Gasteiger partial charge in [-0.05, 0) is 38.5 Å². The average molecular weight is 309 g/mol. The summed E-state index contributed by atoms with van der Waals surface area (Å²) in [6.45, 7) is 9.17. The third-order valence-electron chi connectivity index (χ3n) is 4.49. The Hall–Kier alpha value is -1.10. The van der Waals surface area contributed by atoms with Crippen molar-refractivity contribution in [3.05, 3.63) is 28.8 Å². The molecule has 2 fully saturated rings. The molecule has 2 aliphatic rings. The molecule has 2 heterocycles. The summed E-state index contributed by atoms with van der Waals surface area (Å²) in [6.07, 6.45) is 0.0765. The minimum Gasteiger partial charge on any atom is -0.379 e. The molecule has 5 heteroatoms. The van der Waals surface area contributed by atoms with E-state index in [-0.39, 0.29) is 17.5 Å². The van der Waals surface area contributed by atoms with E-state index in [9.17, 15) is 4.79 Å². The van der Waals surface area contributed by atoms with E-state index in [0.717, 1.165) is 37.6 Å². The van der Waals surface area contributed by atoms with Crippen LogP contribution in [0.2, 0.25) is 5.02 Å². The maximum absolute atomic E-state index is 12.6. The summed E-state index contributed by atoms with van der Waals surface area (Å²) >= 11 is 6.22. The van der Waals surface area contributed by atoms with Crippen LogP contribution in [0, 0.1) is 12.3 Å². The fourth-order valence-corrected chi connectivity index (χ4v) is 3.40. The van der Waals surface area contributed by atoms with Crippen LogP contribution in [-0.4, -0.2) is 43.3 Å². The van der Waals surface area contributed by atoms with E-state index in [0.29, 0.717) is 5.02 Å². The zero-order valence-electron chi connectivity index (χ0n) is 12.7. The Labute approximate surface area is 130 Å². The second kappa shape index (κ2) is 5.27. The molecule has 1 amide bonds. The smallest absolute Gasteiger partial charge is 0.237 e. The van der Waals surface area contributed by atoms with Crippen molar-refractivity contribution in [3.8, 4) is 0 Å². The third-order valence-corrected chi connectivity index (χ3v) is 4.89. The summed E-state index contributed by atoms with van der Waals surface area (Å²) in [5, 5.41) is 0.700. The number of hydrogen-bond acceptors (Lipinski definition) is 3. The Morgan fingerprint density at radius 2 is 1.95 bits per heavy atom. The first-order valence-electron chi connectivity index (χ1n) is 7.34. The first kappa shape index (κ1) is 14.8. The molecule has 0 saturated carbocycles. The van der Waals surface area contributed by atoms with Gasteiger partial charge in [-0.1, -0.05) is 17.7 Å². The van der Waals surface area contributed by atoms with Crippen molar-refractivity contribution >= 4 is 23.2 Å². The quantitative estimate of drug-likeness (QED) is 0.788. The van der Waals surface area contributed by atoms with Crippen LogP contribution in [0.3, 0.4) is 0 Å². The Kier molecular flexibility index (Phi) is 3.72. The summed E-state index contributed by atoms with van der Waals surface area (Å²) in [7, 11) is 0. The van der Waals surface area contributed by atoms with Gasteiger partial charge in [-0.15, -0.1) is 0 Å². The molecule has 0 N–H and O–H groups in total. The van der Waals surface area contributed by atoms with Crippen molar-refractivity contribution in [3.63, 3.8) is 0 Å². The van der Waals surface area contributed by atoms with Crippen molar-refractivity contribution in [2.45, 2.75) is 26.9 Å². The lowest BCUT2D eigenvalue weighted by atomic mass is 9.77. The van der Waals surface area contributed by atoms with E-state index in [1.54, 1.807) is 0 Å². The van der Waals surface area contributed by atoms with Crippen LogP contribution in [0.4, 0.5) is 5.69 Å². The standard InChI is InChI=1S/C16H21ClN2O2/c1-11-4-5-12(10-13(11)17)19-14(16(2,3)15(19)20)18-6-8-21-9-7-18/h4-5,10,14H,6-9H2,1-3H3. The van der Waals surface area contributed by atoms with E-state index < -0.39 is 0 Å². The molecule has 4 nitrogen and oxygen atoms in total. The highest BCUT2D eigenvalue weighted by molar-refractivity contribution is 6.31. The number of rotatable bonds is 2. The van der Waals surface area contributed by atoms with Crippen LogP contribution in [0.15, 0.2) is 18.2 Å². The van der Waals surface area contributed by atoms with E-state index in [2.05, 4.69) is 4.90 Å². The number of carbonyl (C=O) groups excluding carboxylic acids is 1. The van der Waals surface area contributed by atoms with Crippen molar-refractivity contribution < 1.29 is 9.53 Å². The minimum absolute atomic E-state index is 0.0765. The molecule has 3 rings (SSSR count). The molecule has 114 valence electrons. The predicted octanol–water partition coefficient (Wildman–Crippen LogP) is 2.68. The summed E-state index contributed by atoms with van der Waals surface area (Å²) < 4.78 is 5.42. The molecule has 0 radical (unpaired) electrons. The van der Waals surface area contributed by atoms with Gasteiger partial charge in [0, 0.05) is 23.8 Å². The molecule has 1 unspecified atom stereocenters. The predicted molar refractivity (Wildman–Crippen MR) is 83.6 cm³/mol. The number of morpholine rings is 1. The lowest BCUT2D eigenvalue weighted by molar-refractivity contribution is -0.147. The van der Waals surface area contributed by atoms with Crippen molar-refractivity contribution in [2.24, 2.45) is 5.41 Å². The van der Waals surface area contributed by atoms with Crippen LogP contribution >= 0.6 is 11.6 Å². The number of benzene rings is 1. The number of halogens is 1. The van der Waals surface area contributed by atoms with Crippen LogP contribution in [0.1, 0.15) is 19.4 Å². The number of anilines is 1. The topological polar surface area (TPSA) is 32.8 Å². The number of ether oxygens (including phenoxy) is 1. The number of aryl methyl sites for hydroxylation is 1. The average Bonchev–Trinajstić information content (AvgIpc) is 2.48. The van der Waals surface area contributed by atoms with E-state index >= 15 is 0 Å². The Morgan fingerprint density at radius 1 is 1.29 bits per heavy atom. The van der Waals surface area contributed by atoms with Gasteiger partial charge in [0.2, 0.25) is 5.91 Å². The van der Waals surface area contributed by atoms with Gasteiger partial charge in [-0.3, -0.25) is 14.6 Å². The van der Waals surface area contributed by atoms with Crippen LogP contribution in [0.25, 0.3) is 0 Å². The molecule has 1 aromatic rings. The second-order valence-electron chi connectivity index (χ2n) is 6.35. The van der Waals surface area contributed by atoms with Gasteiger partial charge in [0.15, 0.2) is 0 Å². The maximum Gasteiger partial charge on any atom is 0.237 e. The van der Waals surface area contributed by atoms with Crippen LogP contribution < -0.4 is 4.90 Å². The molecule has 21 heavy (non-hydrogen) atoms. The number of amides is 1. The molecule has 2 saturated heterocycles. The Bertz CT molecular complexity index is 567. The highest BCUT2D eigenvalue weighted by atomic mass is 35.5. The van der Waals surface area contributed by atoms with Crippen molar-refractivity contribution in [1.82, 2.24) is 4.90 Å². The van der Waals surface area contributed by atoms with E-state index in [4.69, 9.17) is 16.3 Å². The SMILES string of the molecule is Cc1ccc(N2C(=O)C(C)(C)C2N2CCOCC2)cc1Cl. The van der Waals surface area contributed by atoms with Gasteiger partial charge in [-0.25, -0.2) is 0 Å². The van der Waals surface area contributed by atoms with Crippen molar-refractivity contribution in [1.29, 1.82) is 0 Å².